The van der Waals surface area contributed by atoms with Gasteiger partial charge in [-0.1, -0.05) is 6.07 Å². The average Bonchev–Trinajstić information content (AvgIpc) is 2.48. The summed E-state index contributed by atoms with van der Waals surface area (Å²) in [5, 5.41) is 11.4. The summed E-state index contributed by atoms with van der Waals surface area (Å²) in [5.41, 5.74) is 3.56. The number of hydrogen-bond acceptors (Lipinski definition) is 3. The summed E-state index contributed by atoms with van der Waals surface area (Å²) < 4.78 is 5.34. The predicted octanol–water partition coefficient (Wildman–Crippen LogP) is 1.34. The number of carbonyl (C=O) groups is 1. The second kappa shape index (κ2) is 3.42. The summed E-state index contributed by atoms with van der Waals surface area (Å²) in [6, 6.07) is 3.94. The van der Waals surface area contributed by atoms with Crippen molar-refractivity contribution >= 4 is 16.9 Å². The molecule has 0 saturated heterocycles. The first-order chi connectivity index (χ1) is 7.08. The van der Waals surface area contributed by atoms with Gasteiger partial charge in [0.15, 0.2) is 0 Å². The van der Waals surface area contributed by atoms with Crippen LogP contribution in [-0.4, -0.2) is 5.97 Å². The van der Waals surface area contributed by atoms with Gasteiger partial charge in [0.25, 0.3) is 0 Å². The van der Waals surface area contributed by atoms with Crippen LogP contribution in [-0.2, 0) is 11.2 Å². The van der Waals surface area contributed by atoms with Crippen LogP contribution in [0.15, 0.2) is 22.8 Å². The van der Waals surface area contributed by atoms with Crippen molar-refractivity contribution in [2.75, 3.05) is 0 Å². The van der Waals surface area contributed by atoms with Crippen LogP contribution >= 0.6 is 0 Å². The number of hydrogen-bond donors (Lipinski definition) is 0. The molecule has 0 N–H and O–H groups in total. The molecule has 2 rings (SSSR count). The maximum Gasteiger partial charge on any atom is 0.137 e. The lowest BCUT2D eigenvalue weighted by molar-refractivity contribution is -0.304. The Kier molecular flexibility index (Phi) is 2.23. The van der Waals surface area contributed by atoms with Crippen molar-refractivity contribution in [2.45, 2.75) is 20.3 Å². The minimum Gasteiger partial charge on any atom is -0.550 e. The molecule has 0 unspecified atom stereocenters. The van der Waals surface area contributed by atoms with Crippen molar-refractivity contribution in [1.29, 1.82) is 0 Å². The summed E-state index contributed by atoms with van der Waals surface area (Å²) in [5.74, 6) is -1.09. The van der Waals surface area contributed by atoms with E-state index in [1.54, 1.807) is 0 Å². The quantitative estimate of drug-likeness (QED) is 0.740. The van der Waals surface area contributed by atoms with Crippen LogP contribution in [0.4, 0.5) is 0 Å². The van der Waals surface area contributed by atoms with Crippen LogP contribution < -0.4 is 5.11 Å². The van der Waals surface area contributed by atoms with Gasteiger partial charge in [-0.15, -0.1) is 0 Å². The standard InChI is InChI=1S/C12H12O3/c1-7-3-8(2)12-10(4-7)9(6-15-12)5-11(13)14/h3-4,6H,5H2,1-2H3,(H,13,14)/p-1. The Bertz CT molecular complexity index is 523. The third-order valence-corrected chi connectivity index (χ3v) is 2.42. The maximum absolute atomic E-state index is 10.5. The number of fused-ring (bicyclic) bond motifs is 1. The number of furan rings is 1. The number of aryl methyl sites for hydroxylation is 2. The molecule has 3 heteroatoms. The molecule has 2 aromatic rings. The Morgan fingerprint density at radius 2 is 2.13 bits per heavy atom. The van der Waals surface area contributed by atoms with Crippen LogP contribution in [0.3, 0.4) is 0 Å². The maximum atomic E-state index is 10.5. The molecule has 0 fully saturated rings. The fourth-order valence-corrected chi connectivity index (χ4v) is 1.84. The summed E-state index contributed by atoms with van der Waals surface area (Å²) >= 11 is 0. The van der Waals surface area contributed by atoms with Crippen LogP contribution in [0.5, 0.6) is 0 Å². The predicted molar refractivity (Wildman–Crippen MR) is 54.4 cm³/mol. The lowest BCUT2D eigenvalue weighted by Crippen LogP contribution is -2.24. The van der Waals surface area contributed by atoms with Gasteiger partial charge in [-0.2, -0.15) is 0 Å². The molecule has 1 heterocycles. The molecule has 15 heavy (non-hydrogen) atoms. The second-order valence-electron chi connectivity index (χ2n) is 3.77. The number of rotatable bonds is 2. The van der Waals surface area contributed by atoms with E-state index in [9.17, 15) is 9.90 Å². The first-order valence-corrected chi connectivity index (χ1v) is 4.75. The smallest absolute Gasteiger partial charge is 0.137 e. The van der Waals surface area contributed by atoms with Crippen LogP contribution in [0, 0.1) is 13.8 Å². The van der Waals surface area contributed by atoms with Crippen molar-refractivity contribution in [1.82, 2.24) is 0 Å². The summed E-state index contributed by atoms with van der Waals surface area (Å²) in [6.07, 6.45) is 1.39. The van der Waals surface area contributed by atoms with Crippen molar-refractivity contribution in [2.24, 2.45) is 0 Å². The topological polar surface area (TPSA) is 53.3 Å². The van der Waals surface area contributed by atoms with Crippen LogP contribution in [0.25, 0.3) is 11.0 Å². The number of carboxylic acid groups (broad SMARTS) is 1. The van der Waals surface area contributed by atoms with Gasteiger partial charge >= 0.3 is 0 Å². The van der Waals surface area contributed by atoms with Gasteiger partial charge < -0.3 is 14.3 Å². The molecular weight excluding hydrogens is 192 g/mol. The first-order valence-electron chi connectivity index (χ1n) is 4.75. The van der Waals surface area contributed by atoms with Gasteiger partial charge in [0.05, 0.1) is 6.26 Å². The van der Waals surface area contributed by atoms with Crippen molar-refractivity contribution in [3.63, 3.8) is 0 Å². The fourth-order valence-electron chi connectivity index (χ4n) is 1.84. The zero-order valence-electron chi connectivity index (χ0n) is 8.66. The highest BCUT2D eigenvalue weighted by molar-refractivity contribution is 5.87. The molecule has 1 aromatic heterocycles. The Hall–Kier alpha value is -1.77. The van der Waals surface area contributed by atoms with Gasteiger partial charge in [-0.05, 0) is 31.0 Å². The van der Waals surface area contributed by atoms with Crippen molar-refractivity contribution in [3.05, 3.63) is 35.1 Å². The van der Waals surface area contributed by atoms with Crippen molar-refractivity contribution < 1.29 is 14.3 Å². The van der Waals surface area contributed by atoms with E-state index in [1.165, 1.54) is 6.26 Å². The Morgan fingerprint density at radius 3 is 2.80 bits per heavy atom. The fraction of sp³-hybridized carbons (Fsp3) is 0.250. The number of aliphatic carboxylic acids is 1. The zero-order valence-corrected chi connectivity index (χ0v) is 8.66. The monoisotopic (exact) mass is 203 g/mol. The molecule has 0 amide bonds. The summed E-state index contributed by atoms with van der Waals surface area (Å²) in [6.45, 7) is 3.92. The van der Waals surface area contributed by atoms with E-state index in [2.05, 4.69) is 0 Å². The van der Waals surface area contributed by atoms with E-state index in [0.29, 0.717) is 5.56 Å². The molecule has 0 aliphatic rings. The third kappa shape index (κ3) is 1.73. The normalized spacial score (nSPS) is 10.8. The molecule has 3 nitrogen and oxygen atoms in total. The van der Waals surface area contributed by atoms with Gasteiger partial charge in [-0.3, -0.25) is 0 Å². The number of benzene rings is 1. The Balaban J connectivity index is 2.63. The number of carbonyl (C=O) groups excluding carboxylic acids is 1. The van der Waals surface area contributed by atoms with E-state index in [-0.39, 0.29) is 6.42 Å². The van der Waals surface area contributed by atoms with Gasteiger partial charge in [-0.25, -0.2) is 0 Å². The highest BCUT2D eigenvalue weighted by atomic mass is 16.4. The molecule has 0 spiro atoms. The van der Waals surface area contributed by atoms with Gasteiger partial charge in [0, 0.05) is 23.3 Å². The summed E-state index contributed by atoms with van der Waals surface area (Å²) in [4.78, 5) is 10.5. The second-order valence-corrected chi connectivity index (χ2v) is 3.77. The first kappa shape index (κ1) is 9.77. The van der Waals surface area contributed by atoms with Crippen LogP contribution in [0.2, 0.25) is 0 Å². The van der Waals surface area contributed by atoms with Gasteiger partial charge in [0.1, 0.15) is 5.58 Å². The summed E-state index contributed by atoms with van der Waals surface area (Å²) in [7, 11) is 0. The van der Waals surface area contributed by atoms with E-state index in [4.69, 9.17) is 4.42 Å². The zero-order chi connectivity index (χ0) is 11.0. The van der Waals surface area contributed by atoms with E-state index >= 15 is 0 Å². The van der Waals surface area contributed by atoms with E-state index < -0.39 is 5.97 Å². The third-order valence-electron chi connectivity index (χ3n) is 2.42. The highest BCUT2D eigenvalue weighted by Crippen LogP contribution is 2.25. The molecule has 0 aliphatic heterocycles. The highest BCUT2D eigenvalue weighted by Gasteiger charge is 2.08. The van der Waals surface area contributed by atoms with Gasteiger partial charge in [0.2, 0.25) is 0 Å². The van der Waals surface area contributed by atoms with Crippen molar-refractivity contribution in [3.8, 4) is 0 Å². The molecule has 0 radical (unpaired) electrons. The van der Waals surface area contributed by atoms with E-state index in [0.717, 1.165) is 22.1 Å². The lowest BCUT2D eigenvalue weighted by atomic mass is 10.0. The molecular formula is C12H11O3-. The minimum absolute atomic E-state index is 0.101. The Labute approximate surface area is 87.3 Å². The molecule has 0 bridgehead atoms. The number of carboxylic acids is 1. The average molecular weight is 203 g/mol. The molecule has 0 saturated carbocycles. The molecule has 78 valence electrons. The molecule has 0 atom stereocenters. The van der Waals surface area contributed by atoms with Crippen LogP contribution in [0.1, 0.15) is 16.7 Å². The lowest BCUT2D eigenvalue weighted by Gasteiger charge is -2.01. The molecule has 1 aromatic carbocycles. The minimum atomic E-state index is -1.09. The SMILES string of the molecule is Cc1cc(C)c2occ(CC(=O)[O-])c2c1. The van der Waals surface area contributed by atoms with E-state index in [1.807, 2.05) is 26.0 Å². The largest absolute Gasteiger partial charge is 0.550 e. The molecule has 0 aliphatic carbocycles. The Morgan fingerprint density at radius 1 is 1.40 bits per heavy atom.